The molecule has 0 saturated carbocycles. The van der Waals surface area contributed by atoms with Gasteiger partial charge in [-0.25, -0.2) is 0 Å². The predicted molar refractivity (Wildman–Crippen MR) is 40.5 cm³/mol. The third-order valence-electron chi connectivity index (χ3n) is 0.348. The van der Waals surface area contributed by atoms with Gasteiger partial charge in [-0.15, -0.1) is 0 Å². The van der Waals surface area contributed by atoms with Gasteiger partial charge in [0.15, 0.2) is 0 Å². The predicted octanol–water partition coefficient (Wildman–Crippen LogP) is 2.07. The highest BCUT2D eigenvalue weighted by Crippen LogP contribution is 1.81. The van der Waals surface area contributed by atoms with Gasteiger partial charge in [0, 0.05) is 7.05 Å². The van der Waals surface area contributed by atoms with Crippen molar-refractivity contribution in [3.63, 3.8) is 0 Å². The maximum absolute atomic E-state index is 3.56. The third kappa shape index (κ3) is 67.1. The van der Waals surface area contributed by atoms with Crippen LogP contribution in [-0.2, 0) is 0 Å². The summed E-state index contributed by atoms with van der Waals surface area (Å²) in [6.07, 6.45) is 1.72. The van der Waals surface area contributed by atoms with Crippen LogP contribution in [0.25, 0.3) is 0 Å². The Labute approximate surface area is 51.5 Å². The molecular formula is C7H13N. The zero-order valence-corrected chi connectivity index (χ0v) is 5.65. The van der Waals surface area contributed by atoms with Gasteiger partial charge in [0.2, 0.25) is 0 Å². The number of aliphatic imine (C=N–C) groups is 1. The molecule has 8 heavy (non-hydrogen) atoms. The van der Waals surface area contributed by atoms with Crippen LogP contribution in [0.15, 0.2) is 29.8 Å². The molecule has 0 aromatic carbocycles. The summed E-state index contributed by atoms with van der Waals surface area (Å²) in [6, 6.07) is 0. The van der Waals surface area contributed by atoms with E-state index in [0.717, 1.165) is 5.57 Å². The summed E-state index contributed by atoms with van der Waals surface area (Å²) in [5.74, 6) is 0. The van der Waals surface area contributed by atoms with Gasteiger partial charge in [0.25, 0.3) is 0 Å². The number of nitrogens with zero attached hydrogens (tertiary/aromatic N) is 1. The summed E-state index contributed by atoms with van der Waals surface area (Å²) < 4.78 is 0. The van der Waals surface area contributed by atoms with Gasteiger partial charge >= 0.3 is 0 Å². The maximum atomic E-state index is 3.56. The van der Waals surface area contributed by atoms with Crippen molar-refractivity contribution >= 4 is 6.72 Å². The van der Waals surface area contributed by atoms with E-state index in [1.165, 1.54) is 0 Å². The Morgan fingerprint density at radius 2 is 1.75 bits per heavy atom. The van der Waals surface area contributed by atoms with Crippen LogP contribution in [0.1, 0.15) is 6.92 Å². The van der Waals surface area contributed by atoms with Gasteiger partial charge in [-0.2, -0.15) is 0 Å². The Bertz CT molecular complexity index is 82.4. The molecule has 0 aliphatic carbocycles. The van der Waals surface area contributed by atoms with Crippen LogP contribution in [-0.4, -0.2) is 13.8 Å². The highest BCUT2D eigenvalue weighted by atomic mass is 14.6. The quantitative estimate of drug-likeness (QED) is 0.363. The molecule has 0 bridgehead atoms. The molecule has 0 spiro atoms. The first kappa shape index (κ1) is 10.2. The fourth-order valence-corrected chi connectivity index (χ4v) is 0. The second kappa shape index (κ2) is 9.47. The smallest absolute Gasteiger partial charge is 0.0269 e. The van der Waals surface area contributed by atoms with Gasteiger partial charge < -0.3 is 4.99 Å². The second-order valence-corrected chi connectivity index (χ2v) is 1.37. The molecule has 0 aromatic rings. The second-order valence-electron chi connectivity index (χ2n) is 1.37. The molecule has 0 N–H and O–H groups in total. The summed E-state index contributed by atoms with van der Waals surface area (Å²) in [4.78, 5) is 3.25. The van der Waals surface area contributed by atoms with Gasteiger partial charge in [-0.3, -0.25) is 0 Å². The van der Waals surface area contributed by atoms with Gasteiger partial charge in [0.05, 0.1) is 0 Å². The monoisotopic (exact) mass is 111 g/mol. The topological polar surface area (TPSA) is 12.4 Å². The van der Waals surface area contributed by atoms with E-state index in [9.17, 15) is 0 Å². The maximum Gasteiger partial charge on any atom is 0.0269 e. The van der Waals surface area contributed by atoms with Gasteiger partial charge in [-0.1, -0.05) is 24.8 Å². The molecule has 0 rings (SSSR count). The molecule has 1 heteroatoms. The highest BCUT2D eigenvalue weighted by molar-refractivity contribution is 5.22. The van der Waals surface area contributed by atoms with Crippen molar-refractivity contribution in [3.8, 4) is 0 Å². The van der Waals surface area contributed by atoms with E-state index in [1.807, 2.05) is 6.92 Å². The average Bonchev–Trinajstić information content (AvgIpc) is 1.69. The molecule has 0 amide bonds. The zero-order chi connectivity index (χ0) is 6.99. The number of allylic oxidation sites excluding steroid dienone is 2. The zero-order valence-electron chi connectivity index (χ0n) is 5.65. The van der Waals surface area contributed by atoms with Crippen molar-refractivity contribution in [1.29, 1.82) is 0 Å². The molecule has 0 fully saturated rings. The molecule has 0 radical (unpaired) electrons. The fourth-order valence-electron chi connectivity index (χ4n) is 0. The van der Waals surface area contributed by atoms with Crippen LogP contribution >= 0.6 is 0 Å². The minimum Gasteiger partial charge on any atom is -0.304 e. The van der Waals surface area contributed by atoms with Crippen molar-refractivity contribution in [3.05, 3.63) is 24.8 Å². The molecule has 0 aliphatic heterocycles. The standard InChI is InChI=1S/C5H8.C2H5N/c1-4-5(2)3;1-3-2/h4H,1-2H2,3H3;1H2,2H3. The molecular weight excluding hydrogens is 98.1 g/mol. The van der Waals surface area contributed by atoms with Crippen LogP contribution in [0.5, 0.6) is 0 Å². The Morgan fingerprint density at radius 1 is 1.62 bits per heavy atom. The van der Waals surface area contributed by atoms with E-state index in [4.69, 9.17) is 0 Å². The lowest BCUT2D eigenvalue weighted by molar-refractivity contribution is 1.49. The molecule has 0 aliphatic rings. The summed E-state index contributed by atoms with van der Waals surface area (Å²) in [6.45, 7) is 12.0. The lowest BCUT2D eigenvalue weighted by Gasteiger charge is -1.71. The minimum atomic E-state index is 1.02. The van der Waals surface area contributed by atoms with Gasteiger partial charge in [0.1, 0.15) is 0 Å². The van der Waals surface area contributed by atoms with E-state index in [-0.39, 0.29) is 0 Å². The normalized spacial score (nSPS) is 5.75. The molecule has 1 nitrogen and oxygen atoms in total. The highest BCUT2D eigenvalue weighted by Gasteiger charge is 1.59. The molecule has 46 valence electrons. The van der Waals surface area contributed by atoms with E-state index in [2.05, 4.69) is 24.9 Å². The molecule has 0 unspecified atom stereocenters. The first-order chi connectivity index (χ1) is 3.68. The van der Waals surface area contributed by atoms with Crippen LogP contribution in [0.3, 0.4) is 0 Å². The van der Waals surface area contributed by atoms with Crippen LogP contribution in [0.2, 0.25) is 0 Å². The third-order valence-corrected chi connectivity index (χ3v) is 0.348. The first-order valence-corrected chi connectivity index (χ1v) is 2.31. The SMILES string of the molecule is C=CC(=C)C.C=NC. The number of hydrogen-bond donors (Lipinski definition) is 0. The Kier molecular flexibility index (Phi) is 12.1. The fraction of sp³-hybridized carbons (Fsp3) is 0.286. The van der Waals surface area contributed by atoms with Crippen LogP contribution in [0, 0.1) is 0 Å². The first-order valence-electron chi connectivity index (χ1n) is 2.31. The largest absolute Gasteiger partial charge is 0.304 e. The number of hydrogen-bond acceptors (Lipinski definition) is 1. The van der Waals surface area contributed by atoms with E-state index < -0.39 is 0 Å². The van der Waals surface area contributed by atoms with Crippen molar-refractivity contribution < 1.29 is 0 Å². The summed E-state index contributed by atoms with van der Waals surface area (Å²) in [5, 5.41) is 0. The molecule has 0 saturated heterocycles. The Hall–Kier alpha value is -0.850. The van der Waals surface area contributed by atoms with Crippen LogP contribution in [0.4, 0.5) is 0 Å². The van der Waals surface area contributed by atoms with Crippen molar-refractivity contribution in [2.45, 2.75) is 6.92 Å². The Morgan fingerprint density at radius 3 is 1.75 bits per heavy atom. The molecule has 0 heterocycles. The van der Waals surface area contributed by atoms with Crippen LogP contribution < -0.4 is 0 Å². The van der Waals surface area contributed by atoms with E-state index in [1.54, 1.807) is 13.1 Å². The van der Waals surface area contributed by atoms with Gasteiger partial charge in [-0.05, 0) is 13.6 Å². The van der Waals surface area contributed by atoms with Crippen molar-refractivity contribution in [2.24, 2.45) is 4.99 Å². The van der Waals surface area contributed by atoms with Crippen molar-refractivity contribution in [2.75, 3.05) is 7.05 Å². The minimum absolute atomic E-state index is 1.02. The summed E-state index contributed by atoms with van der Waals surface area (Å²) in [5.41, 5.74) is 1.02. The summed E-state index contributed by atoms with van der Waals surface area (Å²) >= 11 is 0. The molecule has 0 atom stereocenters. The van der Waals surface area contributed by atoms with E-state index in [0.29, 0.717) is 0 Å². The lowest BCUT2D eigenvalue weighted by Crippen LogP contribution is -1.50. The average molecular weight is 111 g/mol. The van der Waals surface area contributed by atoms with Crippen molar-refractivity contribution in [1.82, 2.24) is 0 Å². The lowest BCUT2D eigenvalue weighted by atomic mass is 10.4. The van der Waals surface area contributed by atoms with E-state index >= 15 is 0 Å². The summed E-state index contributed by atoms with van der Waals surface area (Å²) in [7, 11) is 1.64. The number of rotatable bonds is 1. The Balaban J connectivity index is 0. The molecule has 0 aromatic heterocycles.